The first kappa shape index (κ1) is 21.6. The predicted molar refractivity (Wildman–Crippen MR) is 125 cm³/mol. The van der Waals surface area contributed by atoms with Gasteiger partial charge in [0.05, 0.1) is 17.7 Å². The number of H-pyrrole nitrogens is 1. The van der Waals surface area contributed by atoms with Crippen molar-refractivity contribution in [2.24, 2.45) is 18.2 Å². The average molecular weight is 478 g/mol. The van der Waals surface area contributed by atoms with E-state index in [0.29, 0.717) is 40.1 Å². The van der Waals surface area contributed by atoms with E-state index in [0.717, 1.165) is 25.9 Å². The van der Waals surface area contributed by atoms with Gasteiger partial charge in [-0.3, -0.25) is 9.36 Å². The number of ether oxygens (including phenoxy) is 2. The molecule has 5 rings (SSSR count). The smallest absolute Gasteiger partial charge is 0.267 e. The molecule has 3 aromatic rings. The summed E-state index contributed by atoms with van der Waals surface area (Å²) in [5, 5.41) is 1.03. The molecule has 0 unspecified atom stereocenters. The number of hydrogen-bond acceptors (Lipinski definition) is 6. The third-order valence-corrected chi connectivity index (χ3v) is 7.68. The minimum Gasteiger partial charge on any atom is -0.453 e. The molecule has 10 heteroatoms. The minimum atomic E-state index is -0.200. The van der Waals surface area contributed by atoms with Crippen LogP contribution < -0.4 is 20.9 Å². The highest BCUT2D eigenvalue weighted by atomic mass is 35.5. The number of benzene rings is 1. The van der Waals surface area contributed by atoms with Crippen molar-refractivity contribution >= 4 is 40.2 Å². The third kappa shape index (κ3) is 3.37. The Morgan fingerprint density at radius 2 is 2.03 bits per heavy atom. The maximum atomic E-state index is 13.3. The van der Waals surface area contributed by atoms with E-state index in [1.165, 1.54) is 0 Å². The number of hydrogen-bond donors (Lipinski definition) is 2. The second kappa shape index (κ2) is 7.95. The summed E-state index contributed by atoms with van der Waals surface area (Å²) in [5.41, 5.74) is 6.70. The molecular formula is C22H25Cl2N5O3. The second-order valence-corrected chi connectivity index (χ2v) is 9.48. The molecule has 0 amide bonds. The topological polar surface area (TPSA) is 98.4 Å². The Labute approximate surface area is 195 Å². The summed E-state index contributed by atoms with van der Waals surface area (Å²) < 4.78 is 13.3. The van der Waals surface area contributed by atoms with Crippen molar-refractivity contribution in [2.75, 3.05) is 24.6 Å². The molecular weight excluding hydrogens is 453 g/mol. The monoisotopic (exact) mass is 477 g/mol. The lowest BCUT2D eigenvalue weighted by Crippen LogP contribution is -2.51. The van der Waals surface area contributed by atoms with Crippen molar-refractivity contribution in [3.05, 3.63) is 44.8 Å². The predicted octanol–water partition coefficient (Wildman–Crippen LogP) is 3.69. The van der Waals surface area contributed by atoms with Gasteiger partial charge in [-0.1, -0.05) is 29.3 Å². The molecule has 2 aliphatic rings. The number of aromatic nitrogens is 3. The molecule has 2 aliphatic heterocycles. The van der Waals surface area contributed by atoms with E-state index in [1.54, 1.807) is 36.0 Å². The molecule has 170 valence electrons. The number of nitrogens with one attached hydrogen (secondary N) is 1. The summed E-state index contributed by atoms with van der Waals surface area (Å²) in [6.07, 6.45) is 3.49. The average Bonchev–Trinajstić information content (AvgIpc) is 3.31. The number of aromatic amines is 1. The third-order valence-electron chi connectivity index (χ3n) is 6.88. The number of anilines is 1. The van der Waals surface area contributed by atoms with Crippen molar-refractivity contribution in [3.8, 4) is 11.5 Å². The number of piperidine rings is 1. The van der Waals surface area contributed by atoms with Gasteiger partial charge in [-0.2, -0.15) is 4.98 Å². The van der Waals surface area contributed by atoms with Crippen LogP contribution in [0, 0.1) is 5.41 Å². The molecule has 0 bridgehead atoms. The van der Waals surface area contributed by atoms with Crippen LogP contribution in [-0.2, 0) is 11.8 Å². The van der Waals surface area contributed by atoms with Crippen LogP contribution in [0.1, 0.15) is 19.8 Å². The fraction of sp³-hybridized carbons (Fsp3) is 0.455. The fourth-order valence-corrected chi connectivity index (χ4v) is 5.12. The van der Waals surface area contributed by atoms with Crippen molar-refractivity contribution in [3.63, 3.8) is 0 Å². The van der Waals surface area contributed by atoms with Gasteiger partial charge < -0.3 is 25.1 Å². The number of fused-ring (bicyclic) bond motifs is 1. The number of rotatable bonds is 3. The number of nitrogens with zero attached hydrogens (tertiary/aromatic N) is 3. The van der Waals surface area contributed by atoms with Gasteiger partial charge in [-0.05, 0) is 31.9 Å². The molecule has 0 radical (unpaired) electrons. The van der Waals surface area contributed by atoms with Gasteiger partial charge in [-0.25, -0.2) is 0 Å². The Hall–Kier alpha value is -2.26. The van der Waals surface area contributed by atoms with Crippen LogP contribution in [0.4, 0.5) is 5.95 Å². The van der Waals surface area contributed by atoms with Crippen LogP contribution in [0.5, 0.6) is 11.5 Å². The van der Waals surface area contributed by atoms with Crippen LogP contribution in [-0.4, -0.2) is 46.4 Å². The van der Waals surface area contributed by atoms with E-state index in [1.807, 2.05) is 6.92 Å². The van der Waals surface area contributed by atoms with E-state index in [-0.39, 0.29) is 28.1 Å². The van der Waals surface area contributed by atoms with Crippen LogP contribution in [0.3, 0.4) is 0 Å². The molecule has 1 spiro atoms. The maximum Gasteiger partial charge on any atom is 0.267 e. The molecule has 4 heterocycles. The van der Waals surface area contributed by atoms with Crippen LogP contribution >= 0.6 is 23.2 Å². The lowest BCUT2D eigenvalue weighted by atomic mass is 9.73. The highest BCUT2D eigenvalue weighted by Crippen LogP contribution is 2.42. The first-order valence-corrected chi connectivity index (χ1v) is 11.4. The van der Waals surface area contributed by atoms with E-state index in [4.69, 9.17) is 43.4 Å². The van der Waals surface area contributed by atoms with Gasteiger partial charge in [0.2, 0.25) is 5.95 Å². The van der Waals surface area contributed by atoms with E-state index in [9.17, 15) is 4.79 Å². The van der Waals surface area contributed by atoms with Gasteiger partial charge in [0.25, 0.3) is 5.56 Å². The Balaban J connectivity index is 1.44. The van der Waals surface area contributed by atoms with Gasteiger partial charge in [0.15, 0.2) is 11.4 Å². The van der Waals surface area contributed by atoms with Crippen LogP contribution in [0.15, 0.2) is 29.2 Å². The summed E-state index contributed by atoms with van der Waals surface area (Å²) in [6.45, 7) is 4.25. The zero-order chi connectivity index (χ0) is 22.6. The zero-order valence-electron chi connectivity index (χ0n) is 17.9. The lowest BCUT2D eigenvalue weighted by Gasteiger charge is -2.41. The lowest BCUT2D eigenvalue weighted by molar-refractivity contribution is 0.0973. The largest absolute Gasteiger partial charge is 0.453 e. The molecule has 8 nitrogen and oxygen atoms in total. The van der Waals surface area contributed by atoms with E-state index in [2.05, 4.69) is 9.88 Å². The van der Waals surface area contributed by atoms with E-state index < -0.39 is 0 Å². The van der Waals surface area contributed by atoms with Gasteiger partial charge in [0, 0.05) is 37.8 Å². The normalized spacial score (nSPS) is 22.7. The first-order chi connectivity index (χ1) is 15.3. The standard InChI is InChI=1S/C22H25Cl2N5O3/c1-12-18(25)22(11-31-12)6-8-29(9-7-22)21-27-19-16(20(30)28(21)2)15(10-26-19)32-14-5-3-4-13(23)17(14)24/h3-5,10,12,18,26H,6-9,11,25H2,1-2H3/t12-,18+/m0/s1. The Morgan fingerprint density at radius 1 is 1.28 bits per heavy atom. The minimum absolute atomic E-state index is 0.00253. The maximum absolute atomic E-state index is 13.3. The Kier molecular flexibility index (Phi) is 5.36. The quantitative estimate of drug-likeness (QED) is 0.596. The first-order valence-electron chi connectivity index (χ1n) is 10.6. The van der Waals surface area contributed by atoms with Gasteiger partial charge in [0.1, 0.15) is 16.2 Å². The second-order valence-electron chi connectivity index (χ2n) is 8.70. The van der Waals surface area contributed by atoms with Gasteiger partial charge in [-0.15, -0.1) is 0 Å². The highest BCUT2D eigenvalue weighted by molar-refractivity contribution is 6.42. The molecule has 1 aromatic carbocycles. The zero-order valence-corrected chi connectivity index (χ0v) is 19.4. The molecule has 0 aliphatic carbocycles. The summed E-state index contributed by atoms with van der Waals surface area (Å²) >= 11 is 12.3. The summed E-state index contributed by atoms with van der Waals surface area (Å²) in [4.78, 5) is 23.2. The highest BCUT2D eigenvalue weighted by Gasteiger charge is 2.47. The van der Waals surface area contributed by atoms with Gasteiger partial charge >= 0.3 is 0 Å². The number of nitrogens with two attached hydrogens (primary N) is 1. The summed E-state index contributed by atoms with van der Waals surface area (Å²) in [6, 6.07) is 5.14. The SMILES string of the molecule is C[C@@H]1OCC2(CCN(c3nc4[nH]cc(Oc5cccc(Cl)c5Cl)c4c(=O)n3C)CC2)[C@@H]1N. The Bertz CT molecular complexity index is 1230. The molecule has 32 heavy (non-hydrogen) atoms. The molecule has 2 atom stereocenters. The van der Waals surface area contributed by atoms with Crippen LogP contribution in [0.2, 0.25) is 10.0 Å². The molecule has 3 N–H and O–H groups in total. The van der Waals surface area contributed by atoms with Crippen molar-refractivity contribution < 1.29 is 9.47 Å². The molecule has 2 saturated heterocycles. The molecule has 0 saturated carbocycles. The fourth-order valence-electron chi connectivity index (χ4n) is 4.79. The summed E-state index contributed by atoms with van der Waals surface area (Å²) in [7, 11) is 1.73. The van der Waals surface area contributed by atoms with Crippen molar-refractivity contribution in [2.45, 2.75) is 31.9 Å². The molecule has 2 aromatic heterocycles. The summed E-state index contributed by atoms with van der Waals surface area (Å²) in [5.74, 6) is 1.34. The van der Waals surface area contributed by atoms with E-state index >= 15 is 0 Å². The van der Waals surface area contributed by atoms with Crippen LogP contribution in [0.25, 0.3) is 11.0 Å². The number of halogens is 2. The molecule has 2 fully saturated rings. The van der Waals surface area contributed by atoms with Crippen molar-refractivity contribution in [1.29, 1.82) is 0 Å². The van der Waals surface area contributed by atoms with Crippen molar-refractivity contribution in [1.82, 2.24) is 14.5 Å². The Morgan fingerprint density at radius 3 is 2.72 bits per heavy atom.